The number of ether oxygens (including phenoxy) is 1. The highest BCUT2D eigenvalue weighted by Crippen LogP contribution is 2.34. The largest absolute Gasteiger partial charge is 0.438 e. The first kappa shape index (κ1) is 23.0. The molecule has 2 aromatic carbocycles. The Morgan fingerprint density at radius 3 is 2.41 bits per heavy atom. The smallest absolute Gasteiger partial charge is 0.411 e. The lowest BCUT2D eigenvalue weighted by Gasteiger charge is -2.24. The highest BCUT2D eigenvalue weighted by Gasteiger charge is 2.46. The average Bonchev–Trinajstić information content (AvgIpc) is 3.15. The molecule has 3 aromatic rings. The summed E-state index contributed by atoms with van der Waals surface area (Å²) >= 11 is 0. The van der Waals surface area contributed by atoms with E-state index in [4.69, 9.17) is 4.74 Å². The zero-order valence-electron chi connectivity index (χ0n) is 19.0. The summed E-state index contributed by atoms with van der Waals surface area (Å²) in [7, 11) is 0. The first-order chi connectivity index (χ1) is 16.4. The van der Waals surface area contributed by atoms with Crippen molar-refractivity contribution < 1.29 is 19.1 Å². The molecule has 0 bridgehead atoms. The van der Waals surface area contributed by atoms with Crippen molar-refractivity contribution >= 4 is 23.6 Å². The zero-order valence-corrected chi connectivity index (χ0v) is 19.0. The molecule has 34 heavy (non-hydrogen) atoms. The van der Waals surface area contributed by atoms with Crippen molar-refractivity contribution in [3.8, 4) is 0 Å². The van der Waals surface area contributed by atoms with Gasteiger partial charge in [-0.25, -0.2) is 4.79 Å². The molecule has 0 radical (unpaired) electrons. The third kappa shape index (κ3) is 5.40. The Bertz CT molecular complexity index is 1160. The van der Waals surface area contributed by atoms with E-state index < -0.39 is 18.2 Å². The third-order valence-corrected chi connectivity index (χ3v) is 5.58. The predicted octanol–water partition coefficient (Wildman–Crippen LogP) is 3.73. The third-order valence-electron chi connectivity index (χ3n) is 5.58. The normalized spacial score (nSPS) is 17.2. The molecule has 2 atom stereocenters. The van der Waals surface area contributed by atoms with Crippen LogP contribution in [-0.4, -0.2) is 33.8 Å². The maximum Gasteiger partial charge on any atom is 0.411 e. The maximum absolute atomic E-state index is 13.4. The van der Waals surface area contributed by atoms with Gasteiger partial charge in [0.1, 0.15) is 0 Å². The van der Waals surface area contributed by atoms with Crippen LogP contribution in [0.25, 0.3) is 0 Å². The van der Waals surface area contributed by atoms with Gasteiger partial charge in [-0.3, -0.25) is 19.5 Å². The van der Waals surface area contributed by atoms with Crippen LogP contribution in [0.2, 0.25) is 0 Å². The van der Waals surface area contributed by atoms with E-state index >= 15 is 0 Å². The second kappa shape index (κ2) is 10.2. The van der Waals surface area contributed by atoms with Crippen LogP contribution in [0.15, 0.2) is 73.1 Å². The molecule has 3 amide bonds. The summed E-state index contributed by atoms with van der Waals surface area (Å²) in [4.78, 5) is 43.1. The fourth-order valence-electron chi connectivity index (χ4n) is 3.86. The first-order valence-corrected chi connectivity index (χ1v) is 11.0. The maximum atomic E-state index is 13.4. The lowest BCUT2D eigenvalue weighted by molar-refractivity contribution is -0.126. The number of nitrogens with one attached hydrogen (secondary N) is 2. The van der Waals surface area contributed by atoms with Gasteiger partial charge in [-0.1, -0.05) is 48.0 Å². The Balaban J connectivity index is 1.59. The van der Waals surface area contributed by atoms with E-state index in [1.165, 1.54) is 11.8 Å². The van der Waals surface area contributed by atoms with E-state index in [0.717, 1.165) is 16.7 Å². The minimum atomic E-state index is -0.864. The second-order valence-corrected chi connectivity index (χ2v) is 8.24. The molecule has 0 aliphatic carbocycles. The molecule has 1 aliphatic rings. The number of aryl methyl sites for hydroxylation is 1. The average molecular weight is 459 g/mol. The molecule has 2 heterocycles. The van der Waals surface area contributed by atoms with Crippen molar-refractivity contribution in [3.05, 3.63) is 95.3 Å². The topological polar surface area (TPSA) is 101 Å². The van der Waals surface area contributed by atoms with Crippen molar-refractivity contribution in [2.75, 3.05) is 5.32 Å². The van der Waals surface area contributed by atoms with Crippen LogP contribution in [0.3, 0.4) is 0 Å². The number of hydrogen-bond donors (Lipinski definition) is 2. The Morgan fingerprint density at radius 2 is 1.76 bits per heavy atom. The van der Waals surface area contributed by atoms with Gasteiger partial charge in [-0.2, -0.15) is 0 Å². The van der Waals surface area contributed by atoms with Gasteiger partial charge in [0.05, 0.1) is 6.54 Å². The lowest BCUT2D eigenvalue weighted by atomic mass is 10.00. The molecule has 0 saturated carbocycles. The molecular formula is C26H26N4O4. The number of carbonyl (C=O) groups excluding carboxylic acids is 3. The standard InChI is InChI=1S/C26H26N4O4/c1-17-5-7-19(8-6-17)16-30-23(25(32)28-15-20-4-3-13-27-14-20)24(34-26(30)33)21-9-11-22(12-10-21)29-18(2)31/h3-14,23-24H,15-16H2,1-2H3,(H,28,32)(H,29,31)/t23-,24+/m0/s1. The van der Waals surface area contributed by atoms with Crippen LogP contribution in [0.4, 0.5) is 10.5 Å². The summed E-state index contributed by atoms with van der Waals surface area (Å²) in [5, 5.41) is 5.62. The van der Waals surface area contributed by atoms with Gasteiger partial charge in [0.15, 0.2) is 12.1 Å². The minimum absolute atomic E-state index is 0.183. The van der Waals surface area contributed by atoms with Crippen molar-refractivity contribution in [1.82, 2.24) is 15.2 Å². The van der Waals surface area contributed by atoms with E-state index in [2.05, 4.69) is 15.6 Å². The van der Waals surface area contributed by atoms with E-state index in [1.54, 1.807) is 42.7 Å². The van der Waals surface area contributed by atoms with Crippen molar-refractivity contribution in [1.29, 1.82) is 0 Å². The summed E-state index contributed by atoms with van der Waals surface area (Å²) in [5.41, 5.74) is 4.14. The number of nitrogens with zero attached hydrogens (tertiary/aromatic N) is 2. The number of hydrogen-bond acceptors (Lipinski definition) is 5. The van der Waals surface area contributed by atoms with Gasteiger partial charge in [-0.15, -0.1) is 0 Å². The van der Waals surface area contributed by atoms with E-state index in [1.807, 2.05) is 37.3 Å². The number of carbonyl (C=O) groups is 3. The van der Waals surface area contributed by atoms with Gasteiger partial charge in [0, 0.05) is 31.5 Å². The molecular weight excluding hydrogens is 432 g/mol. The van der Waals surface area contributed by atoms with Crippen LogP contribution >= 0.6 is 0 Å². The Labute approximate surface area is 198 Å². The summed E-state index contributed by atoms with van der Waals surface area (Å²) in [6.07, 6.45) is 1.99. The lowest BCUT2D eigenvalue weighted by Crippen LogP contribution is -2.46. The highest BCUT2D eigenvalue weighted by atomic mass is 16.6. The van der Waals surface area contributed by atoms with Crippen LogP contribution < -0.4 is 10.6 Å². The molecule has 1 saturated heterocycles. The number of aromatic nitrogens is 1. The molecule has 0 unspecified atom stereocenters. The SMILES string of the molecule is CC(=O)Nc1ccc([C@H]2OC(=O)N(Cc3ccc(C)cc3)[C@@H]2C(=O)NCc2cccnc2)cc1. The zero-order chi connectivity index (χ0) is 24.1. The Kier molecular flexibility index (Phi) is 6.87. The van der Waals surface area contributed by atoms with Crippen LogP contribution in [-0.2, 0) is 27.4 Å². The van der Waals surface area contributed by atoms with Crippen molar-refractivity contribution in [2.45, 2.75) is 39.1 Å². The summed E-state index contributed by atoms with van der Waals surface area (Å²) in [6, 6.07) is 17.5. The van der Waals surface area contributed by atoms with E-state index in [0.29, 0.717) is 11.3 Å². The molecule has 8 nitrogen and oxygen atoms in total. The van der Waals surface area contributed by atoms with Gasteiger partial charge < -0.3 is 15.4 Å². The van der Waals surface area contributed by atoms with Gasteiger partial charge in [-0.05, 0) is 41.8 Å². The highest BCUT2D eigenvalue weighted by molar-refractivity contribution is 5.90. The number of benzene rings is 2. The Morgan fingerprint density at radius 1 is 1.03 bits per heavy atom. The Hall–Kier alpha value is -4.20. The van der Waals surface area contributed by atoms with Crippen LogP contribution in [0.1, 0.15) is 35.3 Å². The molecule has 4 rings (SSSR count). The predicted molar refractivity (Wildman–Crippen MR) is 127 cm³/mol. The molecule has 174 valence electrons. The van der Waals surface area contributed by atoms with Crippen LogP contribution in [0.5, 0.6) is 0 Å². The van der Waals surface area contributed by atoms with Gasteiger partial charge >= 0.3 is 6.09 Å². The van der Waals surface area contributed by atoms with Crippen LogP contribution in [0, 0.1) is 6.92 Å². The summed E-state index contributed by atoms with van der Waals surface area (Å²) in [5.74, 6) is -0.505. The minimum Gasteiger partial charge on any atom is -0.438 e. The van der Waals surface area contributed by atoms with E-state index in [9.17, 15) is 14.4 Å². The molecule has 1 fully saturated rings. The number of rotatable bonds is 7. The molecule has 0 spiro atoms. The number of amides is 3. The number of pyridine rings is 1. The summed E-state index contributed by atoms with van der Waals surface area (Å²) in [6.45, 7) is 3.94. The fraction of sp³-hybridized carbons (Fsp3) is 0.231. The molecule has 8 heteroatoms. The fourth-order valence-corrected chi connectivity index (χ4v) is 3.86. The summed E-state index contributed by atoms with van der Waals surface area (Å²) < 4.78 is 5.69. The van der Waals surface area contributed by atoms with Gasteiger partial charge in [0.25, 0.3) is 0 Å². The molecule has 2 N–H and O–H groups in total. The van der Waals surface area contributed by atoms with E-state index in [-0.39, 0.29) is 24.9 Å². The van der Waals surface area contributed by atoms with Gasteiger partial charge in [0.2, 0.25) is 11.8 Å². The number of cyclic esters (lactones) is 1. The first-order valence-electron chi connectivity index (χ1n) is 11.0. The monoisotopic (exact) mass is 458 g/mol. The quantitative estimate of drug-likeness (QED) is 0.562. The second-order valence-electron chi connectivity index (χ2n) is 8.24. The molecule has 1 aliphatic heterocycles. The molecule has 1 aromatic heterocycles. The van der Waals surface area contributed by atoms with Crippen molar-refractivity contribution in [2.24, 2.45) is 0 Å². The van der Waals surface area contributed by atoms with Crippen molar-refractivity contribution in [3.63, 3.8) is 0 Å². The number of anilines is 1.